The van der Waals surface area contributed by atoms with E-state index in [4.69, 9.17) is 16.0 Å². The number of carbonyl (C=O) groups is 1. The van der Waals surface area contributed by atoms with Crippen LogP contribution in [-0.4, -0.2) is 22.0 Å². The Kier molecular flexibility index (Phi) is 4.83. The monoisotopic (exact) mass is 344 g/mol. The minimum atomic E-state index is -0.768. The van der Waals surface area contributed by atoms with E-state index in [9.17, 15) is 9.90 Å². The molecule has 5 nitrogen and oxygen atoms in total. The fraction of sp³-hybridized carbons (Fsp3) is 0.222. The summed E-state index contributed by atoms with van der Waals surface area (Å²) in [5.74, 6) is 0.226. The number of furan rings is 1. The lowest BCUT2D eigenvalue weighted by atomic mass is 10.1. The summed E-state index contributed by atoms with van der Waals surface area (Å²) in [5.41, 5.74) is 1.01. The second-order valence-electron chi connectivity index (χ2n) is 5.64. The first-order chi connectivity index (χ1) is 11.6. The number of aromatic nitrogens is 1. The zero-order chi connectivity index (χ0) is 17.1. The minimum absolute atomic E-state index is 0.243. The SMILES string of the molecule is CC(CC(O)c1ccco1)NC(=O)c1ccc(Cl)c2cccnc12. The van der Waals surface area contributed by atoms with Crippen LogP contribution in [0.2, 0.25) is 5.02 Å². The highest BCUT2D eigenvalue weighted by molar-refractivity contribution is 6.36. The van der Waals surface area contributed by atoms with Gasteiger partial charge in [-0.25, -0.2) is 0 Å². The van der Waals surface area contributed by atoms with Crippen LogP contribution in [-0.2, 0) is 0 Å². The third-order valence-corrected chi connectivity index (χ3v) is 4.12. The molecule has 1 amide bonds. The molecule has 0 aliphatic rings. The van der Waals surface area contributed by atoms with Crippen LogP contribution in [0.5, 0.6) is 0 Å². The lowest BCUT2D eigenvalue weighted by molar-refractivity contribution is 0.0904. The molecule has 2 atom stereocenters. The zero-order valence-corrected chi connectivity index (χ0v) is 13.8. The van der Waals surface area contributed by atoms with Crippen LogP contribution in [0, 0.1) is 0 Å². The number of rotatable bonds is 5. The van der Waals surface area contributed by atoms with Gasteiger partial charge in [-0.05, 0) is 43.3 Å². The highest BCUT2D eigenvalue weighted by Crippen LogP contribution is 2.25. The van der Waals surface area contributed by atoms with Gasteiger partial charge in [0.2, 0.25) is 0 Å². The molecule has 124 valence electrons. The Labute approximate surface area is 144 Å². The van der Waals surface area contributed by atoms with Crippen LogP contribution in [0.4, 0.5) is 0 Å². The number of fused-ring (bicyclic) bond motifs is 1. The van der Waals surface area contributed by atoms with Crippen molar-refractivity contribution < 1.29 is 14.3 Å². The molecule has 2 aromatic heterocycles. The lowest BCUT2D eigenvalue weighted by Crippen LogP contribution is -2.34. The average molecular weight is 345 g/mol. The summed E-state index contributed by atoms with van der Waals surface area (Å²) < 4.78 is 5.17. The third-order valence-electron chi connectivity index (χ3n) is 3.79. The molecule has 0 bridgehead atoms. The van der Waals surface area contributed by atoms with Crippen LogP contribution in [0.3, 0.4) is 0 Å². The van der Waals surface area contributed by atoms with Crippen LogP contribution in [0.15, 0.2) is 53.3 Å². The second-order valence-corrected chi connectivity index (χ2v) is 6.04. The molecule has 24 heavy (non-hydrogen) atoms. The largest absolute Gasteiger partial charge is 0.467 e. The van der Waals surface area contributed by atoms with Gasteiger partial charge in [0.05, 0.1) is 22.4 Å². The maximum atomic E-state index is 12.5. The van der Waals surface area contributed by atoms with Crippen molar-refractivity contribution in [3.63, 3.8) is 0 Å². The first-order valence-corrected chi connectivity index (χ1v) is 7.99. The first-order valence-electron chi connectivity index (χ1n) is 7.62. The minimum Gasteiger partial charge on any atom is -0.467 e. The number of carbonyl (C=O) groups excluding carboxylic acids is 1. The Morgan fingerprint density at radius 2 is 2.17 bits per heavy atom. The lowest BCUT2D eigenvalue weighted by Gasteiger charge is -2.17. The van der Waals surface area contributed by atoms with E-state index in [2.05, 4.69) is 10.3 Å². The molecule has 0 saturated heterocycles. The van der Waals surface area contributed by atoms with E-state index in [1.54, 1.807) is 36.5 Å². The number of hydrogen-bond acceptors (Lipinski definition) is 4. The topological polar surface area (TPSA) is 75.4 Å². The first kappa shape index (κ1) is 16.5. The predicted molar refractivity (Wildman–Crippen MR) is 92.0 cm³/mol. The smallest absolute Gasteiger partial charge is 0.253 e. The van der Waals surface area contributed by atoms with E-state index < -0.39 is 6.10 Å². The summed E-state index contributed by atoms with van der Waals surface area (Å²) in [5, 5.41) is 14.3. The maximum Gasteiger partial charge on any atom is 0.253 e. The van der Waals surface area contributed by atoms with Crippen LogP contribution in [0.25, 0.3) is 10.9 Å². The van der Waals surface area contributed by atoms with Crippen molar-refractivity contribution in [1.29, 1.82) is 0 Å². The summed E-state index contributed by atoms with van der Waals surface area (Å²) in [6.07, 6.45) is 2.71. The molecule has 0 fully saturated rings. The molecule has 0 aliphatic heterocycles. The number of aliphatic hydroxyl groups is 1. The molecule has 0 radical (unpaired) electrons. The third kappa shape index (κ3) is 3.42. The number of benzene rings is 1. The number of aliphatic hydroxyl groups excluding tert-OH is 1. The van der Waals surface area contributed by atoms with Crippen molar-refractivity contribution in [2.45, 2.75) is 25.5 Å². The van der Waals surface area contributed by atoms with Gasteiger partial charge < -0.3 is 14.8 Å². The Balaban J connectivity index is 1.74. The fourth-order valence-electron chi connectivity index (χ4n) is 2.61. The van der Waals surface area contributed by atoms with E-state index in [-0.39, 0.29) is 11.9 Å². The number of nitrogens with one attached hydrogen (secondary N) is 1. The molecule has 1 aromatic carbocycles. The van der Waals surface area contributed by atoms with Crippen molar-refractivity contribution in [2.75, 3.05) is 0 Å². The van der Waals surface area contributed by atoms with Gasteiger partial charge in [0.15, 0.2) is 0 Å². The summed E-state index contributed by atoms with van der Waals surface area (Å²) >= 11 is 6.15. The molecule has 0 aliphatic carbocycles. The number of amides is 1. The van der Waals surface area contributed by atoms with Gasteiger partial charge in [0, 0.05) is 24.0 Å². The van der Waals surface area contributed by atoms with Crippen molar-refractivity contribution in [2.24, 2.45) is 0 Å². The maximum absolute atomic E-state index is 12.5. The van der Waals surface area contributed by atoms with E-state index in [1.165, 1.54) is 6.26 Å². The van der Waals surface area contributed by atoms with Crippen LogP contribution in [0.1, 0.15) is 35.6 Å². The van der Waals surface area contributed by atoms with Crippen molar-refractivity contribution >= 4 is 28.4 Å². The average Bonchev–Trinajstić information content (AvgIpc) is 3.09. The van der Waals surface area contributed by atoms with Crippen molar-refractivity contribution in [3.05, 3.63) is 65.2 Å². The quantitative estimate of drug-likeness (QED) is 0.739. The van der Waals surface area contributed by atoms with Gasteiger partial charge in [0.1, 0.15) is 11.9 Å². The number of hydrogen-bond donors (Lipinski definition) is 2. The van der Waals surface area contributed by atoms with Gasteiger partial charge in [0.25, 0.3) is 5.91 Å². The van der Waals surface area contributed by atoms with Crippen molar-refractivity contribution in [1.82, 2.24) is 10.3 Å². The van der Waals surface area contributed by atoms with Gasteiger partial charge in [-0.15, -0.1) is 0 Å². The molecule has 0 spiro atoms. The molecular formula is C18H17ClN2O3. The van der Waals surface area contributed by atoms with Gasteiger partial charge in [-0.2, -0.15) is 0 Å². The Bertz CT molecular complexity index is 849. The fourth-order valence-corrected chi connectivity index (χ4v) is 2.83. The van der Waals surface area contributed by atoms with Crippen LogP contribution < -0.4 is 5.32 Å². The molecule has 3 aromatic rings. The summed E-state index contributed by atoms with van der Waals surface area (Å²) in [4.78, 5) is 16.8. The van der Waals surface area contributed by atoms with E-state index in [0.717, 1.165) is 5.39 Å². The summed E-state index contributed by atoms with van der Waals surface area (Å²) in [6, 6.07) is 10.1. The molecule has 2 heterocycles. The molecular weight excluding hydrogens is 328 g/mol. The van der Waals surface area contributed by atoms with Crippen molar-refractivity contribution in [3.8, 4) is 0 Å². The van der Waals surface area contributed by atoms with Gasteiger partial charge in [-0.3, -0.25) is 9.78 Å². The summed E-state index contributed by atoms with van der Waals surface area (Å²) in [6.45, 7) is 1.83. The molecule has 2 unspecified atom stereocenters. The Morgan fingerprint density at radius 3 is 2.92 bits per heavy atom. The normalized spacial score (nSPS) is 13.6. The van der Waals surface area contributed by atoms with E-state index >= 15 is 0 Å². The highest BCUT2D eigenvalue weighted by atomic mass is 35.5. The van der Waals surface area contributed by atoms with Gasteiger partial charge >= 0.3 is 0 Å². The second kappa shape index (κ2) is 7.03. The van der Waals surface area contributed by atoms with E-state index in [1.807, 2.05) is 13.0 Å². The molecule has 0 saturated carbocycles. The van der Waals surface area contributed by atoms with Crippen LogP contribution >= 0.6 is 11.6 Å². The number of pyridine rings is 1. The molecule has 3 rings (SSSR count). The standard InChI is InChI=1S/C18H17ClN2O3/c1-11(10-15(22)16-5-3-9-24-16)21-18(23)13-6-7-14(19)12-4-2-8-20-17(12)13/h2-9,11,15,22H,10H2,1H3,(H,21,23). The number of nitrogens with zero attached hydrogens (tertiary/aromatic N) is 1. The highest BCUT2D eigenvalue weighted by Gasteiger charge is 2.19. The molecule has 2 N–H and O–H groups in total. The zero-order valence-electron chi connectivity index (χ0n) is 13.1. The van der Waals surface area contributed by atoms with E-state index in [0.29, 0.717) is 28.3 Å². The van der Waals surface area contributed by atoms with Gasteiger partial charge in [-0.1, -0.05) is 11.6 Å². The molecule has 6 heteroatoms. The Hall–Kier alpha value is -2.37. The summed E-state index contributed by atoms with van der Waals surface area (Å²) in [7, 11) is 0. The Morgan fingerprint density at radius 1 is 1.33 bits per heavy atom. The number of halogens is 1. The predicted octanol–water partition coefficient (Wildman–Crippen LogP) is 3.72.